The molecule has 0 radical (unpaired) electrons. The lowest BCUT2D eigenvalue weighted by molar-refractivity contribution is 0.167. The molecule has 112 valence electrons. The van der Waals surface area contributed by atoms with Gasteiger partial charge in [-0.2, -0.15) is 0 Å². The van der Waals surface area contributed by atoms with Crippen molar-refractivity contribution < 1.29 is 9.90 Å². The van der Waals surface area contributed by atoms with Crippen molar-refractivity contribution in [1.29, 1.82) is 0 Å². The largest absolute Gasteiger partial charge is 0.393 e. The Labute approximate surface area is 124 Å². The summed E-state index contributed by atoms with van der Waals surface area (Å²) in [7, 11) is 1.72. The van der Waals surface area contributed by atoms with Crippen LogP contribution in [0.15, 0.2) is 48.8 Å². The minimum Gasteiger partial charge on any atom is -0.393 e. The summed E-state index contributed by atoms with van der Waals surface area (Å²) in [5.41, 5.74) is 1.74. The molecule has 2 aromatic rings. The number of amides is 2. The highest BCUT2D eigenvalue weighted by Crippen LogP contribution is 2.15. The van der Waals surface area contributed by atoms with Crippen molar-refractivity contribution in [3.05, 3.63) is 48.8 Å². The number of benzene rings is 1. The third kappa shape index (κ3) is 4.36. The van der Waals surface area contributed by atoms with Gasteiger partial charge in [-0.3, -0.25) is 0 Å². The molecule has 5 heteroatoms. The first-order valence-corrected chi connectivity index (χ1v) is 7.00. The highest BCUT2D eigenvalue weighted by atomic mass is 16.3. The fraction of sp³-hybridized carbons (Fsp3) is 0.312. The Balaban J connectivity index is 1.99. The van der Waals surface area contributed by atoms with Gasteiger partial charge in [0, 0.05) is 37.4 Å². The highest BCUT2D eigenvalue weighted by Gasteiger charge is 2.10. The smallest absolute Gasteiger partial charge is 0.321 e. The average molecular weight is 287 g/mol. The number of urea groups is 1. The van der Waals surface area contributed by atoms with E-state index in [0.29, 0.717) is 13.0 Å². The third-order valence-corrected chi connectivity index (χ3v) is 3.23. The maximum atomic E-state index is 12.0. The van der Waals surface area contributed by atoms with E-state index in [-0.39, 0.29) is 6.03 Å². The number of aromatic nitrogens is 1. The van der Waals surface area contributed by atoms with Gasteiger partial charge < -0.3 is 19.9 Å². The molecular weight excluding hydrogens is 266 g/mol. The molecule has 1 unspecified atom stereocenters. The van der Waals surface area contributed by atoms with Crippen molar-refractivity contribution in [3.8, 4) is 5.69 Å². The summed E-state index contributed by atoms with van der Waals surface area (Å²) in [6, 6.07) is 11.4. The average Bonchev–Trinajstić information content (AvgIpc) is 2.99. The van der Waals surface area contributed by atoms with Crippen molar-refractivity contribution in [1.82, 2.24) is 9.47 Å². The van der Waals surface area contributed by atoms with Crippen LogP contribution >= 0.6 is 0 Å². The van der Waals surface area contributed by atoms with Crippen molar-refractivity contribution in [2.45, 2.75) is 19.4 Å². The van der Waals surface area contributed by atoms with Crippen molar-refractivity contribution >= 4 is 11.7 Å². The molecule has 1 aromatic carbocycles. The number of nitrogens with zero attached hydrogens (tertiary/aromatic N) is 2. The monoisotopic (exact) mass is 287 g/mol. The molecule has 2 rings (SSSR count). The van der Waals surface area contributed by atoms with E-state index in [1.54, 1.807) is 18.9 Å². The van der Waals surface area contributed by atoms with E-state index in [1.807, 2.05) is 53.4 Å². The van der Waals surface area contributed by atoms with Gasteiger partial charge in [-0.05, 0) is 43.7 Å². The Bertz CT molecular complexity index is 579. The van der Waals surface area contributed by atoms with Crippen molar-refractivity contribution in [2.24, 2.45) is 0 Å². The van der Waals surface area contributed by atoms with Gasteiger partial charge in [0.05, 0.1) is 6.10 Å². The number of hydrogen-bond donors (Lipinski definition) is 2. The minimum atomic E-state index is -0.405. The van der Waals surface area contributed by atoms with Gasteiger partial charge in [-0.1, -0.05) is 6.07 Å². The quantitative estimate of drug-likeness (QED) is 0.888. The Hall–Kier alpha value is -2.27. The number of carbonyl (C=O) groups is 1. The molecule has 0 aliphatic heterocycles. The third-order valence-electron chi connectivity index (χ3n) is 3.23. The molecule has 0 bridgehead atoms. The van der Waals surface area contributed by atoms with Gasteiger partial charge in [-0.15, -0.1) is 0 Å². The van der Waals surface area contributed by atoms with E-state index in [9.17, 15) is 9.90 Å². The summed E-state index contributed by atoms with van der Waals surface area (Å²) in [4.78, 5) is 13.6. The number of nitrogens with one attached hydrogen (secondary N) is 1. The SMILES string of the molecule is CC(O)CCN(C)C(=O)Nc1cccc(-n2cccc2)c1. The Morgan fingerprint density at radius 1 is 1.33 bits per heavy atom. The summed E-state index contributed by atoms with van der Waals surface area (Å²) in [6.07, 6.45) is 4.07. The standard InChI is InChI=1S/C16H21N3O2/c1-13(20)8-11-18(2)16(21)17-14-6-5-7-15(12-14)19-9-3-4-10-19/h3-7,9-10,12-13,20H,8,11H2,1-2H3,(H,17,21). The van der Waals surface area contributed by atoms with Crippen LogP contribution in [0.3, 0.4) is 0 Å². The molecule has 0 aliphatic rings. The summed E-state index contributed by atoms with van der Waals surface area (Å²) in [6.45, 7) is 2.23. The van der Waals surface area contributed by atoms with E-state index < -0.39 is 6.10 Å². The minimum absolute atomic E-state index is 0.180. The van der Waals surface area contributed by atoms with Crippen LogP contribution in [0.25, 0.3) is 5.69 Å². The molecule has 0 saturated carbocycles. The molecule has 2 amide bonds. The second-order valence-corrected chi connectivity index (χ2v) is 5.13. The second kappa shape index (κ2) is 6.95. The first-order valence-electron chi connectivity index (χ1n) is 7.00. The predicted octanol–water partition coefficient (Wildman–Crippen LogP) is 2.71. The number of rotatable bonds is 5. The van der Waals surface area contributed by atoms with Crippen LogP contribution in [0.5, 0.6) is 0 Å². The molecule has 0 aliphatic carbocycles. The van der Waals surface area contributed by atoms with E-state index in [1.165, 1.54) is 0 Å². The van der Waals surface area contributed by atoms with E-state index in [0.717, 1.165) is 11.4 Å². The topological polar surface area (TPSA) is 57.5 Å². The lowest BCUT2D eigenvalue weighted by atomic mass is 10.2. The van der Waals surface area contributed by atoms with Crippen LogP contribution in [0, 0.1) is 0 Å². The van der Waals surface area contributed by atoms with Gasteiger partial charge in [0.15, 0.2) is 0 Å². The number of aliphatic hydroxyl groups is 1. The van der Waals surface area contributed by atoms with Crippen LogP contribution in [0.2, 0.25) is 0 Å². The molecular formula is C16H21N3O2. The molecule has 21 heavy (non-hydrogen) atoms. The zero-order valence-corrected chi connectivity index (χ0v) is 12.4. The maximum absolute atomic E-state index is 12.0. The van der Waals surface area contributed by atoms with Gasteiger partial charge in [-0.25, -0.2) is 4.79 Å². The van der Waals surface area contributed by atoms with Crippen LogP contribution in [-0.4, -0.2) is 40.3 Å². The van der Waals surface area contributed by atoms with Crippen LogP contribution in [0.4, 0.5) is 10.5 Å². The summed E-state index contributed by atoms with van der Waals surface area (Å²) in [5, 5.41) is 12.1. The molecule has 2 N–H and O–H groups in total. The first kappa shape index (κ1) is 15.1. The number of anilines is 1. The van der Waals surface area contributed by atoms with E-state index in [4.69, 9.17) is 0 Å². The zero-order chi connectivity index (χ0) is 15.2. The summed E-state index contributed by atoms with van der Waals surface area (Å²) >= 11 is 0. The Morgan fingerprint density at radius 2 is 2.05 bits per heavy atom. The maximum Gasteiger partial charge on any atom is 0.321 e. The van der Waals surface area contributed by atoms with Crippen LogP contribution < -0.4 is 5.32 Å². The second-order valence-electron chi connectivity index (χ2n) is 5.13. The van der Waals surface area contributed by atoms with Crippen molar-refractivity contribution in [2.75, 3.05) is 18.9 Å². The van der Waals surface area contributed by atoms with Crippen LogP contribution in [-0.2, 0) is 0 Å². The molecule has 1 atom stereocenters. The predicted molar refractivity (Wildman–Crippen MR) is 83.7 cm³/mol. The molecule has 0 spiro atoms. The molecule has 5 nitrogen and oxygen atoms in total. The molecule has 0 saturated heterocycles. The first-order chi connectivity index (χ1) is 10.1. The van der Waals surface area contributed by atoms with Gasteiger partial charge in [0.2, 0.25) is 0 Å². The fourth-order valence-corrected chi connectivity index (χ4v) is 1.95. The number of carbonyl (C=O) groups excluding carboxylic acids is 1. The molecule has 1 heterocycles. The van der Waals surface area contributed by atoms with Gasteiger partial charge in [0.1, 0.15) is 0 Å². The molecule has 0 fully saturated rings. The summed E-state index contributed by atoms with van der Waals surface area (Å²) in [5.74, 6) is 0. The Morgan fingerprint density at radius 3 is 2.71 bits per heavy atom. The van der Waals surface area contributed by atoms with E-state index >= 15 is 0 Å². The normalized spacial score (nSPS) is 12.0. The zero-order valence-electron chi connectivity index (χ0n) is 12.4. The van der Waals surface area contributed by atoms with Crippen molar-refractivity contribution in [3.63, 3.8) is 0 Å². The van der Waals surface area contributed by atoms with Gasteiger partial charge >= 0.3 is 6.03 Å². The summed E-state index contributed by atoms with van der Waals surface area (Å²) < 4.78 is 1.98. The highest BCUT2D eigenvalue weighted by molar-refractivity contribution is 5.89. The lowest BCUT2D eigenvalue weighted by Gasteiger charge is -2.19. The van der Waals surface area contributed by atoms with Gasteiger partial charge in [0.25, 0.3) is 0 Å². The lowest BCUT2D eigenvalue weighted by Crippen LogP contribution is -2.33. The fourth-order valence-electron chi connectivity index (χ4n) is 1.95. The molecule has 1 aromatic heterocycles. The Kier molecular flexibility index (Phi) is 5.00. The number of aliphatic hydroxyl groups excluding tert-OH is 1. The number of hydrogen-bond acceptors (Lipinski definition) is 2. The van der Waals surface area contributed by atoms with E-state index in [2.05, 4.69) is 5.32 Å². The van der Waals surface area contributed by atoms with Crippen LogP contribution in [0.1, 0.15) is 13.3 Å².